The van der Waals surface area contributed by atoms with Crippen LogP contribution in [-0.2, 0) is 13.5 Å². The molecular formula is C14H14F2N2O. The second-order valence-electron chi connectivity index (χ2n) is 4.53. The summed E-state index contributed by atoms with van der Waals surface area (Å²) in [5.74, 6) is -1.82. The first kappa shape index (κ1) is 13.4. The monoisotopic (exact) mass is 264 g/mol. The van der Waals surface area contributed by atoms with Gasteiger partial charge in [0.05, 0.1) is 5.69 Å². The van der Waals surface area contributed by atoms with Crippen LogP contribution in [0.3, 0.4) is 0 Å². The molecule has 1 aromatic carbocycles. The molecule has 1 aromatic heterocycles. The van der Waals surface area contributed by atoms with Crippen molar-refractivity contribution in [2.24, 2.45) is 7.05 Å². The molecule has 0 saturated carbocycles. The van der Waals surface area contributed by atoms with Crippen LogP contribution < -0.4 is 0 Å². The molecule has 0 fully saturated rings. The SMILES string of the molecule is Cc1nn(C)c(C)c1CC(=O)c1cc(F)cc(F)c1. The molecule has 0 aliphatic carbocycles. The molecule has 100 valence electrons. The third-order valence-corrected chi connectivity index (χ3v) is 3.18. The Hall–Kier alpha value is -2.04. The van der Waals surface area contributed by atoms with Gasteiger partial charge < -0.3 is 0 Å². The molecule has 0 unspecified atom stereocenters. The number of carbonyl (C=O) groups excluding carboxylic acids is 1. The number of nitrogens with zero attached hydrogens (tertiary/aromatic N) is 2. The lowest BCUT2D eigenvalue weighted by atomic mass is 10.0. The molecule has 1 heterocycles. The van der Waals surface area contributed by atoms with Gasteiger partial charge in [0.1, 0.15) is 11.6 Å². The van der Waals surface area contributed by atoms with Crippen molar-refractivity contribution in [3.8, 4) is 0 Å². The lowest BCUT2D eigenvalue weighted by molar-refractivity contribution is 0.0991. The minimum atomic E-state index is -0.747. The number of ketones is 1. The largest absolute Gasteiger partial charge is 0.294 e. The highest BCUT2D eigenvalue weighted by molar-refractivity contribution is 5.97. The quantitative estimate of drug-likeness (QED) is 0.799. The van der Waals surface area contributed by atoms with Gasteiger partial charge in [-0.3, -0.25) is 9.48 Å². The van der Waals surface area contributed by atoms with Crippen molar-refractivity contribution >= 4 is 5.78 Å². The van der Waals surface area contributed by atoms with Crippen molar-refractivity contribution in [3.05, 3.63) is 52.3 Å². The van der Waals surface area contributed by atoms with E-state index in [1.165, 1.54) is 0 Å². The van der Waals surface area contributed by atoms with Crippen LogP contribution in [0.5, 0.6) is 0 Å². The molecule has 0 N–H and O–H groups in total. The number of aromatic nitrogens is 2. The normalized spacial score (nSPS) is 10.8. The van der Waals surface area contributed by atoms with E-state index in [0.29, 0.717) is 0 Å². The van der Waals surface area contributed by atoms with Crippen LogP contribution in [0.1, 0.15) is 27.3 Å². The highest BCUT2D eigenvalue weighted by atomic mass is 19.1. The molecule has 0 saturated heterocycles. The maximum absolute atomic E-state index is 13.1. The maximum Gasteiger partial charge on any atom is 0.167 e. The molecule has 5 heteroatoms. The number of hydrogen-bond donors (Lipinski definition) is 0. The summed E-state index contributed by atoms with van der Waals surface area (Å²) >= 11 is 0. The van der Waals surface area contributed by atoms with E-state index in [2.05, 4.69) is 5.10 Å². The summed E-state index contributed by atoms with van der Waals surface area (Å²) in [6.07, 6.45) is 0.0917. The molecule has 2 rings (SSSR count). The number of halogens is 2. The molecule has 0 aliphatic heterocycles. The van der Waals surface area contributed by atoms with E-state index in [9.17, 15) is 13.6 Å². The topological polar surface area (TPSA) is 34.9 Å². The second-order valence-corrected chi connectivity index (χ2v) is 4.53. The Balaban J connectivity index is 2.30. The molecule has 3 nitrogen and oxygen atoms in total. The van der Waals surface area contributed by atoms with E-state index >= 15 is 0 Å². The Bertz CT molecular complexity index is 627. The second kappa shape index (κ2) is 4.91. The summed E-state index contributed by atoms with van der Waals surface area (Å²) in [6.45, 7) is 3.66. The van der Waals surface area contributed by atoms with Crippen LogP contribution in [0.25, 0.3) is 0 Å². The van der Waals surface area contributed by atoms with Crippen molar-refractivity contribution in [1.29, 1.82) is 0 Å². The van der Waals surface area contributed by atoms with E-state index in [4.69, 9.17) is 0 Å². The van der Waals surface area contributed by atoms with Gasteiger partial charge in [-0.2, -0.15) is 5.10 Å². The summed E-state index contributed by atoms with van der Waals surface area (Å²) in [4.78, 5) is 12.1. The average molecular weight is 264 g/mol. The Morgan fingerprint density at radius 3 is 2.26 bits per heavy atom. The van der Waals surface area contributed by atoms with Gasteiger partial charge in [-0.1, -0.05) is 0 Å². The van der Waals surface area contributed by atoms with E-state index in [-0.39, 0.29) is 17.8 Å². The van der Waals surface area contributed by atoms with Gasteiger partial charge in [-0.15, -0.1) is 0 Å². The lowest BCUT2D eigenvalue weighted by Crippen LogP contribution is -2.06. The van der Waals surface area contributed by atoms with E-state index in [1.807, 2.05) is 13.8 Å². The Morgan fingerprint density at radius 1 is 1.21 bits per heavy atom. The lowest BCUT2D eigenvalue weighted by Gasteiger charge is -2.03. The van der Waals surface area contributed by atoms with Crippen LogP contribution in [0.15, 0.2) is 18.2 Å². The van der Waals surface area contributed by atoms with Gasteiger partial charge >= 0.3 is 0 Å². The third-order valence-electron chi connectivity index (χ3n) is 3.18. The van der Waals surface area contributed by atoms with Crippen LogP contribution >= 0.6 is 0 Å². The molecule has 0 amide bonds. The summed E-state index contributed by atoms with van der Waals surface area (Å²) in [5, 5.41) is 4.21. The molecule has 0 spiro atoms. The van der Waals surface area contributed by atoms with Gasteiger partial charge in [0.2, 0.25) is 0 Å². The van der Waals surface area contributed by atoms with E-state index in [1.54, 1.807) is 11.7 Å². The van der Waals surface area contributed by atoms with Gasteiger partial charge in [-0.25, -0.2) is 8.78 Å². The van der Waals surface area contributed by atoms with Gasteiger partial charge in [0.25, 0.3) is 0 Å². The first-order valence-electron chi connectivity index (χ1n) is 5.87. The molecule has 19 heavy (non-hydrogen) atoms. The molecular weight excluding hydrogens is 250 g/mol. The number of hydrogen-bond acceptors (Lipinski definition) is 2. The summed E-state index contributed by atoms with van der Waals surface area (Å²) in [5.41, 5.74) is 2.48. The number of aryl methyl sites for hydroxylation is 2. The standard InChI is InChI=1S/C14H14F2N2O/c1-8-13(9(2)18(3)17-8)7-14(19)10-4-11(15)6-12(16)5-10/h4-6H,7H2,1-3H3. The minimum Gasteiger partial charge on any atom is -0.294 e. The number of Topliss-reactive ketones (excluding diaryl/α,β-unsaturated/α-hetero) is 1. The Labute approximate surface area is 109 Å². The third kappa shape index (κ3) is 2.70. The molecule has 0 aliphatic rings. The fourth-order valence-corrected chi connectivity index (χ4v) is 2.05. The van der Waals surface area contributed by atoms with Crippen molar-refractivity contribution < 1.29 is 13.6 Å². The van der Waals surface area contributed by atoms with Crippen LogP contribution in [0.2, 0.25) is 0 Å². The fraction of sp³-hybridized carbons (Fsp3) is 0.286. The highest BCUT2D eigenvalue weighted by Crippen LogP contribution is 2.16. The number of rotatable bonds is 3. The first-order valence-corrected chi connectivity index (χ1v) is 5.87. The first-order chi connectivity index (χ1) is 8.88. The molecule has 0 bridgehead atoms. The van der Waals surface area contributed by atoms with Gasteiger partial charge in [-0.05, 0) is 26.0 Å². The maximum atomic E-state index is 13.1. The van der Waals surface area contributed by atoms with Gasteiger partial charge in [0.15, 0.2) is 5.78 Å². The van der Waals surface area contributed by atoms with Crippen LogP contribution in [-0.4, -0.2) is 15.6 Å². The summed E-state index contributed by atoms with van der Waals surface area (Å²) in [7, 11) is 1.79. The molecule has 0 radical (unpaired) electrons. The van der Waals surface area contributed by atoms with Crippen LogP contribution in [0, 0.1) is 25.5 Å². The van der Waals surface area contributed by atoms with E-state index in [0.717, 1.165) is 35.2 Å². The predicted octanol–water partition coefficient (Wildman–Crippen LogP) is 2.74. The minimum absolute atomic E-state index is 0.0418. The highest BCUT2D eigenvalue weighted by Gasteiger charge is 2.16. The molecule has 2 aromatic rings. The van der Waals surface area contributed by atoms with Crippen molar-refractivity contribution in [3.63, 3.8) is 0 Å². The Kier molecular flexibility index (Phi) is 3.46. The van der Waals surface area contributed by atoms with Crippen molar-refractivity contribution in [2.45, 2.75) is 20.3 Å². The molecule has 0 atom stereocenters. The zero-order valence-electron chi connectivity index (χ0n) is 11.0. The summed E-state index contributed by atoms with van der Waals surface area (Å²) < 4.78 is 27.8. The zero-order chi connectivity index (χ0) is 14.2. The summed E-state index contributed by atoms with van der Waals surface area (Å²) in [6, 6.07) is 2.84. The Morgan fingerprint density at radius 2 is 1.79 bits per heavy atom. The fourth-order valence-electron chi connectivity index (χ4n) is 2.05. The smallest absolute Gasteiger partial charge is 0.167 e. The van der Waals surface area contributed by atoms with Crippen molar-refractivity contribution in [1.82, 2.24) is 9.78 Å². The van der Waals surface area contributed by atoms with Crippen LogP contribution in [0.4, 0.5) is 8.78 Å². The number of benzene rings is 1. The predicted molar refractivity (Wildman–Crippen MR) is 67.1 cm³/mol. The average Bonchev–Trinajstić information content (AvgIpc) is 2.54. The zero-order valence-corrected chi connectivity index (χ0v) is 11.0. The van der Waals surface area contributed by atoms with Crippen molar-refractivity contribution in [2.75, 3.05) is 0 Å². The van der Waals surface area contributed by atoms with Gasteiger partial charge in [0, 0.05) is 36.4 Å². The number of carbonyl (C=O) groups is 1. The van der Waals surface area contributed by atoms with E-state index < -0.39 is 11.6 Å².